The highest BCUT2D eigenvalue weighted by atomic mass is 16.6. The Morgan fingerprint density at radius 3 is 2.45 bits per heavy atom. The summed E-state index contributed by atoms with van der Waals surface area (Å²) in [5.41, 5.74) is 5.77. The third kappa shape index (κ3) is 5.53. The van der Waals surface area contributed by atoms with Gasteiger partial charge in [0.25, 0.3) is 0 Å². The fourth-order valence-corrected chi connectivity index (χ4v) is 6.83. The SMILES string of the molecule is Cc1cc2c(cc1C1CCN(C3CN(C(=O)OC(C)(C)C)C3)CC1)Nc1nccc(C3CCOCC3)c1C(C)O2. The van der Waals surface area contributed by atoms with E-state index in [1.807, 2.05) is 31.9 Å². The van der Waals surface area contributed by atoms with Gasteiger partial charge in [-0.25, -0.2) is 9.78 Å². The molecular formula is C32H44N4O4. The van der Waals surface area contributed by atoms with Crippen molar-refractivity contribution in [1.29, 1.82) is 0 Å². The second kappa shape index (κ2) is 10.9. The number of hydrogen-bond donors (Lipinski definition) is 1. The highest BCUT2D eigenvalue weighted by molar-refractivity contribution is 5.71. The van der Waals surface area contributed by atoms with Crippen molar-refractivity contribution >= 4 is 17.6 Å². The van der Waals surface area contributed by atoms with E-state index in [1.54, 1.807) is 0 Å². The Morgan fingerprint density at radius 2 is 1.75 bits per heavy atom. The summed E-state index contributed by atoms with van der Waals surface area (Å²) in [4.78, 5) is 21.5. The van der Waals surface area contributed by atoms with Crippen molar-refractivity contribution in [3.05, 3.63) is 46.6 Å². The van der Waals surface area contributed by atoms with Gasteiger partial charge in [-0.2, -0.15) is 0 Å². The molecule has 216 valence electrons. The zero-order chi connectivity index (χ0) is 28.0. The zero-order valence-electron chi connectivity index (χ0n) is 24.7. The van der Waals surface area contributed by atoms with Crippen molar-refractivity contribution in [2.45, 2.75) is 89.9 Å². The largest absolute Gasteiger partial charge is 0.484 e. The Balaban J connectivity index is 1.13. The molecule has 0 saturated carbocycles. The van der Waals surface area contributed by atoms with Gasteiger partial charge in [-0.05, 0) is 120 Å². The average molecular weight is 549 g/mol. The molecule has 5 heterocycles. The molecule has 4 aliphatic heterocycles. The first kappa shape index (κ1) is 27.3. The van der Waals surface area contributed by atoms with Crippen molar-refractivity contribution in [2.24, 2.45) is 0 Å². The summed E-state index contributed by atoms with van der Waals surface area (Å²) >= 11 is 0. The average Bonchev–Trinajstić information content (AvgIpc) is 3.02. The summed E-state index contributed by atoms with van der Waals surface area (Å²) in [7, 11) is 0. The molecule has 0 spiro atoms. The molecule has 1 atom stereocenters. The van der Waals surface area contributed by atoms with Gasteiger partial charge in [0.1, 0.15) is 23.3 Å². The zero-order valence-corrected chi connectivity index (χ0v) is 24.7. The molecule has 1 N–H and O–H groups in total. The number of nitrogens with zero attached hydrogens (tertiary/aromatic N) is 3. The number of likely N-dealkylation sites (tertiary alicyclic amines) is 2. The van der Waals surface area contributed by atoms with Gasteiger partial charge in [-0.15, -0.1) is 0 Å². The number of aryl methyl sites for hydroxylation is 1. The molecule has 1 aromatic carbocycles. The maximum absolute atomic E-state index is 12.3. The van der Waals surface area contributed by atoms with E-state index in [0.29, 0.717) is 17.9 Å². The van der Waals surface area contributed by atoms with Crippen molar-refractivity contribution < 1.29 is 19.0 Å². The van der Waals surface area contributed by atoms with Gasteiger partial charge in [0.05, 0.1) is 5.69 Å². The second-order valence-corrected chi connectivity index (χ2v) is 13.0. The molecule has 1 amide bonds. The quantitative estimate of drug-likeness (QED) is 0.484. The van der Waals surface area contributed by atoms with Crippen LogP contribution in [-0.2, 0) is 9.47 Å². The van der Waals surface area contributed by atoms with Crippen molar-refractivity contribution in [3.63, 3.8) is 0 Å². The summed E-state index contributed by atoms with van der Waals surface area (Å²) in [5.74, 6) is 2.80. The first-order chi connectivity index (χ1) is 19.2. The molecule has 0 radical (unpaired) electrons. The minimum Gasteiger partial charge on any atom is -0.484 e. The van der Waals surface area contributed by atoms with Crippen molar-refractivity contribution in [2.75, 3.05) is 44.7 Å². The Bertz CT molecular complexity index is 1240. The predicted octanol–water partition coefficient (Wildman–Crippen LogP) is 6.28. The van der Waals surface area contributed by atoms with Crippen LogP contribution in [0.1, 0.15) is 93.6 Å². The number of carbonyl (C=O) groups excluding carboxylic acids is 1. The second-order valence-electron chi connectivity index (χ2n) is 13.0. The maximum Gasteiger partial charge on any atom is 0.410 e. The fraction of sp³-hybridized carbons (Fsp3) is 0.625. The van der Waals surface area contributed by atoms with Crippen LogP contribution in [0.5, 0.6) is 5.75 Å². The molecule has 6 rings (SSSR count). The first-order valence-corrected chi connectivity index (χ1v) is 15.0. The minimum atomic E-state index is -0.449. The van der Waals surface area contributed by atoms with Gasteiger partial charge in [-0.3, -0.25) is 4.90 Å². The fourth-order valence-electron chi connectivity index (χ4n) is 6.83. The normalized spacial score (nSPS) is 22.8. The highest BCUT2D eigenvalue weighted by Gasteiger charge is 2.38. The number of amides is 1. The van der Waals surface area contributed by atoms with Gasteiger partial charge in [-0.1, -0.05) is 0 Å². The molecule has 0 bridgehead atoms. The summed E-state index contributed by atoms with van der Waals surface area (Å²) in [5, 5.41) is 3.67. The van der Waals surface area contributed by atoms with E-state index in [2.05, 4.69) is 42.3 Å². The number of hydrogen-bond acceptors (Lipinski definition) is 7. The Hall–Kier alpha value is -2.84. The number of anilines is 2. The molecule has 1 aromatic heterocycles. The number of ether oxygens (including phenoxy) is 3. The van der Waals surface area contributed by atoms with E-state index < -0.39 is 5.60 Å². The number of benzene rings is 1. The molecule has 0 aliphatic carbocycles. The number of carbonyl (C=O) groups is 1. The molecule has 8 nitrogen and oxygen atoms in total. The smallest absolute Gasteiger partial charge is 0.410 e. The molecule has 3 saturated heterocycles. The number of pyridine rings is 1. The van der Waals surface area contributed by atoms with E-state index >= 15 is 0 Å². The van der Waals surface area contributed by atoms with E-state index in [4.69, 9.17) is 19.2 Å². The van der Waals surface area contributed by atoms with Crippen molar-refractivity contribution in [3.8, 4) is 5.75 Å². The van der Waals surface area contributed by atoms with Gasteiger partial charge >= 0.3 is 6.09 Å². The third-order valence-electron chi connectivity index (χ3n) is 9.02. The summed E-state index contributed by atoms with van der Waals surface area (Å²) in [6.07, 6.45) is 5.97. The molecular weight excluding hydrogens is 504 g/mol. The molecule has 1 unspecified atom stereocenters. The van der Waals surface area contributed by atoms with Crippen molar-refractivity contribution in [1.82, 2.24) is 14.8 Å². The Labute approximate surface area is 238 Å². The van der Waals surface area contributed by atoms with Crippen LogP contribution in [0.3, 0.4) is 0 Å². The summed E-state index contributed by atoms with van der Waals surface area (Å²) in [6, 6.07) is 7.13. The highest BCUT2D eigenvalue weighted by Crippen LogP contribution is 2.45. The lowest BCUT2D eigenvalue weighted by atomic mass is 9.85. The predicted molar refractivity (Wildman–Crippen MR) is 156 cm³/mol. The lowest BCUT2D eigenvalue weighted by Crippen LogP contribution is -2.62. The van der Waals surface area contributed by atoms with E-state index in [-0.39, 0.29) is 12.2 Å². The third-order valence-corrected chi connectivity index (χ3v) is 9.02. The number of piperidine rings is 1. The topological polar surface area (TPSA) is 76.2 Å². The van der Waals surface area contributed by atoms with Gasteiger partial charge in [0.15, 0.2) is 0 Å². The summed E-state index contributed by atoms with van der Waals surface area (Å²) < 4.78 is 17.7. The van der Waals surface area contributed by atoms with Gasteiger partial charge in [0.2, 0.25) is 0 Å². The molecule has 40 heavy (non-hydrogen) atoms. The Kier molecular flexibility index (Phi) is 7.42. The number of rotatable bonds is 3. The monoisotopic (exact) mass is 548 g/mol. The van der Waals surface area contributed by atoms with Crippen LogP contribution in [0.4, 0.5) is 16.3 Å². The van der Waals surface area contributed by atoms with E-state index in [1.165, 1.54) is 22.3 Å². The van der Waals surface area contributed by atoms with Crippen LogP contribution in [0.15, 0.2) is 24.4 Å². The molecule has 4 aliphatic rings. The summed E-state index contributed by atoms with van der Waals surface area (Å²) in [6.45, 7) is 15.4. The van der Waals surface area contributed by atoms with Crippen LogP contribution in [0, 0.1) is 6.92 Å². The molecule has 2 aromatic rings. The lowest BCUT2D eigenvalue weighted by molar-refractivity contribution is -0.0196. The number of nitrogens with one attached hydrogen (secondary N) is 1. The minimum absolute atomic E-state index is 0.0773. The Morgan fingerprint density at radius 1 is 1.05 bits per heavy atom. The van der Waals surface area contributed by atoms with Gasteiger partial charge < -0.3 is 24.4 Å². The number of fused-ring (bicyclic) bond motifs is 2. The van der Waals surface area contributed by atoms with Crippen LogP contribution in [0.2, 0.25) is 0 Å². The van der Waals surface area contributed by atoms with E-state index in [9.17, 15) is 4.79 Å². The first-order valence-electron chi connectivity index (χ1n) is 15.0. The molecule has 8 heteroatoms. The lowest BCUT2D eigenvalue weighted by Gasteiger charge is -2.47. The van der Waals surface area contributed by atoms with Gasteiger partial charge in [0, 0.05) is 44.1 Å². The van der Waals surface area contributed by atoms with Crippen LogP contribution >= 0.6 is 0 Å². The number of aromatic nitrogens is 1. The standard InChI is InChI=1S/C32H44N4O4/c1-20-16-28-27(34-30-29(21(2)39-28)25(6-11-33-30)23-9-14-38-15-10-23)17-26(20)22-7-12-35(13-8-22)24-18-36(19-24)31(37)40-32(3,4)5/h6,11,16-17,21-24H,7-10,12-15,18-19H2,1-5H3,(H,33,34). The van der Waals surface area contributed by atoms with Crippen LogP contribution in [-0.4, -0.2) is 71.9 Å². The molecule has 3 fully saturated rings. The van der Waals surface area contributed by atoms with E-state index in [0.717, 1.165) is 82.3 Å². The van der Waals surface area contributed by atoms with Crippen LogP contribution in [0.25, 0.3) is 0 Å². The van der Waals surface area contributed by atoms with Crippen LogP contribution < -0.4 is 10.1 Å². The maximum atomic E-state index is 12.3.